The van der Waals surface area contributed by atoms with Crippen molar-refractivity contribution in [3.8, 4) is 0 Å². The lowest BCUT2D eigenvalue weighted by Gasteiger charge is -2.04. The van der Waals surface area contributed by atoms with Gasteiger partial charge >= 0.3 is 5.69 Å². The zero-order chi connectivity index (χ0) is 11.4. The Labute approximate surface area is 85.7 Å². The first-order chi connectivity index (χ1) is 7.06. The number of aryl methyl sites for hydroxylation is 1. The van der Waals surface area contributed by atoms with Crippen molar-refractivity contribution >= 4 is 5.78 Å². The van der Waals surface area contributed by atoms with Gasteiger partial charge in [-0.2, -0.15) is 0 Å². The average molecular weight is 212 g/mol. The quantitative estimate of drug-likeness (QED) is 0.626. The largest absolute Gasteiger partial charge is 0.377 e. The van der Waals surface area contributed by atoms with Crippen LogP contribution in [0.5, 0.6) is 0 Å². The minimum atomic E-state index is -0.507. The van der Waals surface area contributed by atoms with Crippen molar-refractivity contribution in [1.29, 1.82) is 0 Å². The van der Waals surface area contributed by atoms with Crippen LogP contribution < -0.4 is 11.2 Å². The summed E-state index contributed by atoms with van der Waals surface area (Å²) in [5, 5.41) is 0. The zero-order valence-electron chi connectivity index (χ0n) is 8.60. The lowest BCUT2D eigenvalue weighted by molar-refractivity contribution is -0.123. The molecule has 0 atom stereocenters. The Balaban J connectivity index is 3.05. The number of rotatable bonds is 4. The van der Waals surface area contributed by atoms with Crippen molar-refractivity contribution in [1.82, 2.24) is 9.13 Å². The molecule has 0 aliphatic rings. The SMILES string of the molecule is COCC(=O)Cn1c(=O)ccn(C)c1=O. The number of nitrogens with zero attached hydrogens (tertiary/aromatic N) is 2. The number of methoxy groups -OCH3 is 1. The van der Waals surface area contributed by atoms with Gasteiger partial charge in [-0.05, 0) is 0 Å². The third-order valence-corrected chi connectivity index (χ3v) is 1.88. The van der Waals surface area contributed by atoms with Gasteiger partial charge < -0.3 is 9.30 Å². The number of carbonyl (C=O) groups excluding carboxylic acids is 1. The second-order valence-corrected chi connectivity index (χ2v) is 3.11. The molecule has 1 aromatic heterocycles. The normalized spacial score (nSPS) is 10.3. The van der Waals surface area contributed by atoms with Crippen LogP contribution in [0.3, 0.4) is 0 Å². The average Bonchev–Trinajstić information content (AvgIpc) is 2.19. The number of Topliss-reactive ketones (excluding diaryl/α,β-unsaturated/α-hetero) is 1. The lowest BCUT2D eigenvalue weighted by atomic mass is 10.4. The van der Waals surface area contributed by atoms with Gasteiger partial charge in [-0.15, -0.1) is 0 Å². The molecule has 6 nitrogen and oxygen atoms in total. The number of ether oxygens (including phenoxy) is 1. The van der Waals surface area contributed by atoms with E-state index < -0.39 is 11.2 Å². The second kappa shape index (κ2) is 4.70. The van der Waals surface area contributed by atoms with Crippen molar-refractivity contribution < 1.29 is 9.53 Å². The minimum Gasteiger partial charge on any atom is -0.377 e. The van der Waals surface area contributed by atoms with Crippen LogP contribution in [0.15, 0.2) is 21.9 Å². The van der Waals surface area contributed by atoms with E-state index in [0.717, 1.165) is 4.57 Å². The molecule has 0 aliphatic heterocycles. The van der Waals surface area contributed by atoms with E-state index in [-0.39, 0.29) is 18.9 Å². The van der Waals surface area contributed by atoms with E-state index in [1.165, 1.54) is 31.0 Å². The standard InChI is InChI=1S/C9H12N2O4/c1-10-4-3-8(13)11(9(10)14)5-7(12)6-15-2/h3-4H,5-6H2,1-2H3. The molecule has 0 unspecified atom stereocenters. The molecule has 0 fully saturated rings. The van der Waals surface area contributed by atoms with Gasteiger partial charge in [0.25, 0.3) is 5.56 Å². The fourth-order valence-electron chi connectivity index (χ4n) is 1.14. The molecule has 1 rings (SSSR count). The third-order valence-electron chi connectivity index (χ3n) is 1.88. The number of hydrogen-bond acceptors (Lipinski definition) is 4. The summed E-state index contributed by atoms with van der Waals surface area (Å²) in [6, 6.07) is 1.24. The first-order valence-corrected chi connectivity index (χ1v) is 4.33. The number of carbonyl (C=O) groups is 1. The Morgan fingerprint density at radius 1 is 1.47 bits per heavy atom. The molecule has 0 bridgehead atoms. The van der Waals surface area contributed by atoms with Crippen molar-refractivity contribution in [3.63, 3.8) is 0 Å². The highest BCUT2D eigenvalue weighted by Crippen LogP contribution is 1.79. The monoisotopic (exact) mass is 212 g/mol. The molecule has 1 heterocycles. The van der Waals surface area contributed by atoms with Crippen LogP contribution in [-0.4, -0.2) is 28.6 Å². The Morgan fingerprint density at radius 3 is 2.73 bits per heavy atom. The summed E-state index contributed by atoms with van der Waals surface area (Å²) >= 11 is 0. The maximum atomic E-state index is 11.5. The molecule has 0 N–H and O–H groups in total. The maximum absolute atomic E-state index is 11.5. The van der Waals surface area contributed by atoms with Gasteiger partial charge in [-0.3, -0.25) is 14.2 Å². The summed E-state index contributed by atoms with van der Waals surface area (Å²) in [7, 11) is 2.89. The van der Waals surface area contributed by atoms with Crippen LogP contribution >= 0.6 is 0 Å². The van der Waals surface area contributed by atoms with E-state index in [0.29, 0.717) is 0 Å². The van der Waals surface area contributed by atoms with E-state index in [1.54, 1.807) is 0 Å². The van der Waals surface area contributed by atoms with Gasteiger partial charge in [0.2, 0.25) is 0 Å². The zero-order valence-corrected chi connectivity index (χ0v) is 8.60. The Kier molecular flexibility index (Phi) is 3.56. The number of ketones is 1. The fraction of sp³-hybridized carbons (Fsp3) is 0.444. The van der Waals surface area contributed by atoms with Crippen LogP contribution in [0.25, 0.3) is 0 Å². The predicted octanol–water partition coefficient (Wildman–Crippen LogP) is -1.24. The molecule has 0 saturated heterocycles. The van der Waals surface area contributed by atoms with Crippen LogP contribution in [0.4, 0.5) is 0 Å². The molecular formula is C9H12N2O4. The number of hydrogen-bond donors (Lipinski definition) is 0. The Hall–Kier alpha value is -1.69. The fourth-order valence-corrected chi connectivity index (χ4v) is 1.14. The molecule has 15 heavy (non-hydrogen) atoms. The van der Waals surface area contributed by atoms with Crippen LogP contribution in [0.2, 0.25) is 0 Å². The van der Waals surface area contributed by atoms with Gasteiger partial charge in [-0.1, -0.05) is 0 Å². The maximum Gasteiger partial charge on any atom is 0.331 e. The molecule has 0 amide bonds. The number of aromatic nitrogens is 2. The predicted molar refractivity (Wildman–Crippen MR) is 52.8 cm³/mol. The third kappa shape index (κ3) is 2.63. The van der Waals surface area contributed by atoms with Crippen molar-refractivity contribution in [2.75, 3.05) is 13.7 Å². The van der Waals surface area contributed by atoms with E-state index in [2.05, 4.69) is 4.74 Å². The molecule has 1 aromatic rings. The van der Waals surface area contributed by atoms with Gasteiger partial charge in [0, 0.05) is 26.4 Å². The van der Waals surface area contributed by atoms with Gasteiger partial charge in [0.15, 0.2) is 5.78 Å². The summed E-state index contributed by atoms with van der Waals surface area (Å²) in [5.41, 5.74) is -0.991. The highest BCUT2D eigenvalue weighted by Gasteiger charge is 2.07. The first-order valence-electron chi connectivity index (χ1n) is 4.33. The molecule has 0 spiro atoms. The van der Waals surface area contributed by atoms with Gasteiger partial charge in [0.1, 0.15) is 6.61 Å². The molecule has 0 radical (unpaired) electrons. The molecule has 6 heteroatoms. The van der Waals surface area contributed by atoms with Crippen molar-refractivity contribution in [3.05, 3.63) is 33.1 Å². The second-order valence-electron chi connectivity index (χ2n) is 3.11. The van der Waals surface area contributed by atoms with Gasteiger partial charge in [0.05, 0.1) is 6.54 Å². The van der Waals surface area contributed by atoms with Crippen molar-refractivity contribution in [2.24, 2.45) is 7.05 Å². The summed E-state index contributed by atoms with van der Waals surface area (Å²) < 4.78 is 6.73. The minimum absolute atomic E-state index is 0.107. The molecule has 0 saturated carbocycles. The summed E-state index contributed by atoms with van der Waals surface area (Å²) in [4.78, 5) is 33.9. The molecule has 0 aliphatic carbocycles. The first kappa shape index (κ1) is 11.4. The Bertz CT molecular complexity index is 472. The van der Waals surface area contributed by atoms with Crippen LogP contribution in [0.1, 0.15) is 0 Å². The van der Waals surface area contributed by atoms with Crippen LogP contribution in [-0.2, 0) is 23.1 Å². The lowest BCUT2D eigenvalue weighted by Crippen LogP contribution is -2.40. The Morgan fingerprint density at radius 2 is 2.13 bits per heavy atom. The molecular weight excluding hydrogens is 200 g/mol. The highest BCUT2D eigenvalue weighted by molar-refractivity contribution is 5.79. The van der Waals surface area contributed by atoms with Crippen LogP contribution in [0, 0.1) is 0 Å². The smallest absolute Gasteiger partial charge is 0.331 e. The van der Waals surface area contributed by atoms with E-state index >= 15 is 0 Å². The van der Waals surface area contributed by atoms with E-state index in [9.17, 15) is 14.4 Å². The van der Waals surface area contributed by atoms with Gasteiger partial charge in [-0.25, -0.2) is 4.79 Å². The topological polar surface area (TPSA) is 70.3 Å². The molecule has 0 aromatic carbocycles. The summed E-state index contributed by atoms with van der Waals surface area (Å²) in [6.45, 7) is -0.356. The van der Waals surface area contributed by atoms with Crippen molar-refractivity contribution in [2.45, 2.75) is 6.54 Å². The highest BCUT2D eigenvalue weighted by atomic mass is 16.5. The summed E-state index contributed by atoms with van der Waals surface area (Å²) in [5.74, 6) is -0.317. The summed E-state index contributed by atoms with van der Waals surface area (Å²) in [6.07, 6.45) is 1.36. The molecule has 82 valence electrons. The van der Waals surface area contributed by atoms with E-state index in [4.69, 9.17) is 0 Å². The van der Waals surface area contributed by atoms with E-state index in [1.807, 2.05) is 0 Å².